The quantitative estimate of drug-likeness (QED) is 0.209. The smallest absolute Gasteiger partial charge is 0.291 e. The second-order valence-corrected chi connectivity index (χ2v) is 14.7. The minimum absolute atomic E-state index is 0.00780. The predicted octanol–water partition coefficient (Wildman–Crippen LogP) is 4.71. The summed E-state index contributed by atoms with van der Waals surface area (Å²) in [5, 5.41) is 9.88. The van der Waals surface area contributed by atoms with Gasteiger partial charge < -0.3 is 35.1 Å². The maximum Gasteiger partial charge on any atom is 0.291 e. The van der Waals surface area contributed by atoms with E-state index in [4.69, 9.17) is 37.9 Å². The topological polar surface area (TPSA) is 147 Å². The van der Waals surface area contributed by atoms with Crippen molar-refractivity contribution in [3.8, 4) is 28.4 Å². The van der Waals surface area contributed by atoms with Gasteiger partial charge in [0.1, 0.15) is 0 Å². The number of nitrogens with one attached hydrogen (secondary N) is 3. The SMILES string of the molecule is COc1nc(-c2ccnc(-c3cccc(NC(=O)c4nc5c(n4C)CCN(C(=O)[C@H]4CCCN(C)C4)C5)c3Cl)c2Cl)ccc1CNC[C@@H]1CCC(=O)N1. The minimum Gasteiger partial charge on any atom is -0.481 e. The largest absolute Gasteiger partial charge is 0.481 e. The van der Waals surface area contributed by atoms with Crippen LogP contribution >= 0.6 is 23.2 Å². The molecule has 0 spiro atoms. The van der Waals surface area contributed by atoms with E-state index in [2.05, 4.69) is 32.9 Å². The van der Waals surface area contributed by atoms with Crippen molar-refractivity contribution < 1.29 is 19.1 Å². The van der Waals surface area contributed by atoms with Crippen LogP contribution in [0.4, 0.5) is 5.69 Å². The van der Waals surface area contributed by atoms with Crippen LogP contribution in [0.1, 0.15) is 53.3 Å². The molecule has 13 nitrogen and oxygen atoms in total. The van der Waals surface area contributed by atoms with Crippen LogP contribution in [0.15, 0.2) is 42.6 Å². The first-order valence-corrected chi connectivity index (χ1v) is 18.7. The molecule has 3 aromatic heterocycles. The van der Waals surface area contributed by atoms with E-state index in [0.29, 0.717) is 78.1 Å². The summed E-state index contributed by atoms with van der Waals surface area (Å²) < 4.78 is 7.43. The van der Waals surface area contributed by atoms with E-state index in [1.165, 1.54) is 0 Å². The number of anilines is 1. The van der Waals surface area contributed by atoms with Crippen molar-refractivity contribution in [1.29, 1.82) is 0 Å². The van der Waals surface area contributed by atoms with Gasteiger partial charge in [-0.3, -0.25) is 19.4 Å². The Morgan fingerprint density at radius 3 is 2.64 bits per heavy atom. The Balaban J connectivity index is 1.06. The van der Waals surface area contributed by atoms with Crippen LogP contribution in [-0.2, 0) is 36.1 Å². The number of benzene rings is 1. The molecule has 2 fully saturated rings. The van der Waals surface area contributed by atoms with Crippen molar-refractivity contribution >= 4 is 46.6 Å². The number of nitrogens with zero attached hydrogens (tertiary/aromatic N) is 6. The molecular weight excluding hydrogens is 717 g/mol. The van der Waals surface area contributed by atoms with Gasteiger partial charge >= 0.3 is 0 Å². The molecule has 1 aromatic carbocycles. The maximum atomic E-state index is 13.7. The van der Waals surface area contributed by atoms with Crippen LogP contribution in [0.3, 0.4) is 0 Å². The molecule has 0 unspecified atom stereocenters. The molecule has 0 bridgehead atoms. The zero-order valence-corrected chi connectivity index (χ0v) is 31.6. The zero-order chi connectivity index (χ0) is 37.2. The van der Waals surface area contributed by atoms with Crippen molar-refractivity contribution in [2.24, 2.45) is 13.0 Å². The number of imidazole rings is 1. The summed E-state index contributed by atoms with van der Waals surface area (Å²) >= 11 is 13.9. The molecule has 4 aromatic rings. The summed E-state index contributed by atoms with van der Waals surface area (Å²) in [7, 11) is 5.45. The highest BCUT2D eigenvalue weighted by Gasteiger charge is 2.33. The number of carbonyl (C=O) groups is 3. The molecule has 3 aliphatic rings. The number of rotatable bonds is 10. The van der Waals surface area contributed by atoms with Gasteiger partial charge in [-0.2, -0.15) is 0 Å². The van der Waals surface area contributed by atoms with Gasteiger partial charge in [-0.25, -0.2) is 9.97 Å². The molecule has 2 atom stereocenters. The Kier molecular flexibility index (Phi) is 11.0. The van der Waals surface area contributed by atoms with E-state index in [1.807, 2.05) is 24.1 Å². The van der Waals surface area contributed by atoms with Gasteiger partial charge in [-0.15, -0.1) is 0 Å². The molecule has 7 rings (SSSR count). The number of amides is 3. The van der Waals surface area contributed by atoms with Gasteiger partial charge in [0.25, 0.3) is 5.91 Å². The van der Waals surface area contributed by atoms with Crippen LogP contribution in [0.5, 0.6) is 5.88 Å². The average Bonchev–Trinajstić information content (AvgIpc) is 3.73. The molecule has 2 saturated heterocycles. The second-order valence-electron chi connectivity index (χ2n) is 13.9. The lowest BCUT2D eigenvalue weighted by Gasteiger charge is -2.34. The lowest BCUT2D eigenvalue weighted by Crippen LogP contribution is -2.45. The molecule has 6 heterocycles. The number of hydrogen-bond donors (Lipinski definition) is 3. The Morgan fingerprint density at radius 2 is 1.87 bits per heavy atom. The van der Waals surface area contributed by atoms with E-state index >= 15 is 0 Å². The highest BCUT2D eigenvalue weighted by atomic mass is 35.5. The van der Waals surface area contributed by atoms with Crippen LogP contribution in [0.2, 0.25) is 10.0 Å². The Hall–Kier alpha value is -4.56. The number of fused-ring (bicyclic) bond motifs is 1. The Morgan fingerprint density at radius 1 is 1.02 bits per heavy atom. The fourth-order valence-electron chi connectivity index (χ4n) is 7.51. The van der Waals surface area contributed by atoms with Crippen molar-refractivity contribution in [3.63, 3.8) is 0 Å². The van der Waals surface area contributed by atoms with Crippen LogP contribution in [0.25, 0.3) is 22.5 Å². The first kappa shape index (κ1) is 36.8. The molecule has 0 radical (unpaired) electrons. The number of piperidine rings is 1. The molecule has 0 aliphatic carbocycles. The van der Waals surface area contributed by atoms with E-state index in [-0.39, 0.29) is 34.6 Å². The van der Waals surface area contributed by atoms with Crippen molar-refractivity contribution in [2.45, 2.75) is 51.2 Å². The number of aromatic nitrogens is 4. The van der Waals surface area contributed by atoms with E-state index in [1.54, 1.807) is 42.1 Å². The van der Waals surface area contributed by atoms with Crippen LogP contribution in [0, 0.1) is 5.92 Å². The van der Waals surface area contributed by atoms with Gasteiger partial charge in [0.05, 0.1) is 52.4 Å². The van der Waals surface area contributed by atoms with Gasteiger partial charge in [-0.05, 0) is 51.1 Å². The third-order valence-electron chi connectivity index (χ3n) is 10.3. The van der Waals surface area contributed by atoms with E-state index < -0.39 is 5.91 Å². The number of hydrogen-bond acceptors (Lipinski definition) is 9. The van der Waals surface area contributed by atoms with Gasteiger partial charge in [-0.1, -0.05) is 41.4 Å². The van der Waals surface area contributed by atoms with Gasteiger partial charge in [0.2, 0.25) is 17.7 Å². The number of likely N-dealkylation sites (tertiary alicyclic amines) is 1. The third-order valence-corrected chi connectivity index (χ3v) is 11.1. The molecule has 3 aliphatic heterocycles. The number of halogens is 2. The van der Waals surface area contributed by atoms with Crippen LogP contribution in [-0.4, -0.2) is 93.4 Å². The first-order chi connectivity index (χ1) is 25.6. The lowest BCUT2D eigenvalue weighted by atomic mass is 9.96. The van der Waals surface area contributed by atoms with Crippen LogP contribution < -0.4 is 20.7 Å². The number of carbonyl (C=O) groups excluding carboxylic acids is 3. The normalized spacial score (nSPS) is 18.8. The second kappa shape index (κ2) is 15.8. The molecule has 3 amide bonds. The van der Waals surface area contributed by atoms with Crippen molar-refractivity contribution in [1.82, 2.24) is 40.0 Å². The summed E-state index contributed by atoms with van der Waals surface area (Å²) in [6.07, 6.45) is 5.54. The van der Waals surface area contributed by atoms with Crippen molar-refractivity contribution in [2.75, 3.05) is 45.7 Å². The van der Waals surface area contributed by atoms with E-state index in [9.17, 15) is 14.4 Å². The highest BCUT2D eigenvalue weighted by Crippen LogP contribution is 2.40. The summed E-state index contributed by atoms with van der Waals surface area (Å²) in [6, 6.07) is 11.0. The number of methoxy groups -OCH3 is 1. The summed E-state index contributed by atoms with van der Waals surface area (Å²) in [5.74, 6) is 0.511. The Labute approximate surface area is 318 Å². The van der Waals surface area contributed by atoms with Gasteiger partial charge in [0, 0.05) is 80.7 Å². The highest BCUT2D eigenvalue weighted by molar-refractivity contribution is 6.39. The van der Waals surface area contributed by atoms with Crippen molar-refractivity contribution in [3.05, 3.63) is 75.4 Å². The predicted molar refractivity (Wildman–Crippen MR) is 203 cm³/mol. The summed E-state index contributed by atoms with van der Waals surface area (Å²) in [6.45, 7) is 3.93. The minimum atomic E-state index is -0.417. The Bertz CT molecular complexity index is 2050. The fraction of sp³-hybridized carbons (Fsp3) is 0.421. The fourth-order valence-corrected chi connectivity index (χ4v) is 8.08. The van der Waals surface area contributed by atoms with Gasteiger partial charge in [0.15, 0.2) is 5.82 Å². The molecular formula is C38H43Cl2N9O4. The molecule has 3 N–H and O–H groups in total. The summed E-state index contributed by atoms with van der Waals surface area (Å²) in [5.41, 5.74) is 5.11. The number of pyridine rings is 2. The standard InChI is InChI=1S/C38H43Cl2N9O4/c1-47-16-5-6-23(20-47)38(52)49-17-14-30-29(21-49)44-35(48(30)2)36(51)45-28-8-4-7-26(32(28)39)34-33(40)25(13-15-42-34)27-11-9-22(37(46-27)53-3)18-41-19-24-10-12-31(50)43-24/h4,7-9,11,13,15,23-24,41H,5-6,10,12,14,16-21H2,1-3H3,(H,43,50)(H,45,51)/t23-,24-/m0/s1. The zero-order valence-electron chi connectivity index (χ0n) is 30.0. The third kappa shape index (κ3) is 7.75. The van der Waals surface area contributed by atoms with E-state index in [0.717, 1.165) is 49.3 Å². The lowest BCUT2D eigenvalue weighted by molar-refractivity contribution is -0.138. The maximum absolute atomic E-state index is 13.7. The average molecular weight is 761 g/mol. The monoisotopic (exact) mass is 759 g/mol. The molecule has 15 heteroatoms. The summed E-state index contributed by atoms with van der Waals surface area (Å²) in [4.78, 5) is 56.6. The molecule has 53 heavy (non-hydrogen) atoms. The molecule has 0 saturated carbocycles. The first-order valence-electron chi connectivity index (χ1n) is 17.9. The number of ether oxygens (including phenoxy) is 1. The molecule has 278 valence electrons.